The third-order valence-corrected chi connectivity index (χ3v) is 2.15. The summed E-state index contributed by atoms with van der Waals surface area (Å²) in [6.45, 7) is 3.72. The van der Waals surface area contributed by atoms with Crippen LogP contribution in [0.1, 0.15) is 24.1 Å². The summed E-state index contributed by atoms with van der Waals surface area (Å²) in [4.78, 5) is 0. The predicted octanol–water partition coefficient (Wildman–Crippen LogP) is 2.37. The van der Waals surface area contributed by atoms with Crippen LogP contribution in [0.4, 0.5) is 0 Å². The molecule has 1 aromatic carbocycles. The van der Waals surface area contributed by atoms with Gasteiger partial charge in [-0.25, -0.2) is 0 Å². The molecule has 0 radical (unpaired) electrons. The largest absolute Gasteiger partial charge is 0.506 e. The molecule has 3 N–H and O–H groups in total. The molecule has 1 unspecified atom stereocenters. The fourth-order valence-electron chi connectivity index (χ4n) is 1.26. The van der Waals surface area contributed by atoms with Gasteiger partial charge in [0.2, 0.25) is 0 Å². The molecule has 0 aromatic heterocycles. The molecule has 0 aliphatic heterocycles. The molecule has 0 saturated carbocycles. The van der Waals surface area contributed by atoms with Crippen molar-refractivity contribution in [3.05, 3.63) is 28.3 Å². The Balaban J connectivity index is 3.33. The van der Waals surface area contributed by atoms with Gasteiger partial charge < -0.3 is 10.8 Å². The number of halogens is 1. The van der Waals surface area contributed by atoms with Crippen LogP contribution in [-0.2, 0) is 0 Å². The summed E-state index contributed by atoms with van der Waals surface area (Å²) in [7, 11) is 0. The number of benzene rings is 1. The first-order valence-electron chi connectivity index (χ1n) is 3.77. The Morgan fingerprint density at radius 3 is 2.50 bits per heavy atom. The minimum atomic E-state index is -0.191. The Kier molecular flexibility index (Phi) is 2.60. The molecule has 0 amide bonds. The molecular weight excluding hydrogens is 174 g/mol. The molecule has 1 aromatic rings. The lowest BCUT2D eigenvalue weighted by molar-refractivity contribution is 0.463. The summed E-state index contributed by atoms with van der Waals surface area (Å²) in [6, 6.07) is 3.32. The normalized spacial score (nSPS) is 13.0. The maximum atomic E-state index is 9.54. The zero-order chi connectivity index (χ0) is 9.30. The van der Waals surface area contributed by atoms with Gasteiger partial charge in [0.25, 0.3) is 0 Å². The van der Waals surface area contributed by atoms with E-state index in [0.29, 0.717) is 5.02 Å². The number of hydrogen-bond acceptors (Lipinski definition) is 2. The van der Waals surface area contributed by atoms with Crippen molar-refractivity contribution in [3.8, 4) is 5.75 Å². The maximum absolute atomic E-state index is 9.54. The first kappa shape index (κ1) is 9.36. The molecule has 12 heavy (non-hydrogen) atoms. The highest BCUT2D eigenvalue weighted by atomic mass is 35.5. The molecule has 1 atom stereocenters. The smallest absolute Gasteiger partial charge is 0.139 e. The molecule has 0 heterocycles. The van der Waals surface area contributed by atoms with Crippen molar-refractivity contribution in [2.24, 2.45) is 5.73 Å². The number of nitrogens with two attached hydrogens (primary N) is 1. The highest BCUT2D eigenvalue weighted by Gasteiger charge is 2.11. The minimum absolute atomic E-state index is 0.103. The van der Waals surface area contributed by atoms with E-state index in [1.165, 1.54) is 0 Å². The van der Waals surface area contributed by atoms with E-state index in [4.69, 9.17) is 17.3 Å². The molecule has 3 heteroatoms. The summed E-state index contributed by atoms with van der Waals surface area (Å²) in [6.07, 6.45) is 0. The third kappa shape index (κ3) is 1.54. The summed E-state index contributed by atoms with van der Waals surface area (Å²) in [5.74, 6) is 0.103. The highest BCUT2D eigenvalue weighted by molar-refractivity contribution is 6.32. The van der Waals surface area contributed by atoms with Crippen molar-refractivity contribution in [2.75, 3.05) is 0 Å². The SMILES string of the molecule is Cc1ccc(Cl)c(O)c1C(C)N. The van der Waals surface area contributed by atoms with Crippen molar-refractivity contribution in [3.63, 3.8) is 0 Å². The number of rotatable bonds is 1. The van der Waals surface area contributed by atoms with E-state index < -0.39 is 0 Å². The molecule has 0 aliphatic carbocycles. The second-order valence-corrected chi connectivity index (χ2v) is 3.32. The zero-order valence-corrected chi connectivity index (χ0v) is 7.89. The van der Waals surface area contributed by atoms with Crippen LogP contribution in [0.2, 0.25) is 5.02 Å². The predicted molar refractivity (Wildman–Crippen MR) is 50.5 cm³/mol. The van der Waals surface area contributed by atoms with Crippen LogP contribution < -0.4 is 5.73 Å². The highest BCUT2D eigenvalue weighted by Crippen LogP contribution is 2.32. The molecule has 2 nitrogen and oxygen atoms in total. The number of phenols is 1. The van der Waals surface area contributed by atoms with Crippen LogP contribution in [0.15, 0.2) is 12.1 Å². The Hall–Kier alpha value is -0.730. The lowest BCUT2D eigenvalue weighted by atomic mass is 10.0. The van der Waals surface area contributed by atoms with Gasteiger partial charge in [-0.05, 0) is 25.5 Å². The quantitative estimate of drug-likeness (QED) is 0.706. The Morgan fingerprint density at radius 2 is 2.08 bits per heavy atom. The van der Waals surface area contributed by atoms with E-state index in [2.05, 4.69) is 0 Å². The van der Waals surface area contributed by atoms with Gasteiger partial charge in [-0.1, -0.05) is 17.7 Å². The van der Waals surface area contributed by atoms with Gasteiger partial charge in [0.1, 0.15) is 5.75 Å². The molecule has 1 rings (SSSR count). The Labute approximate surface area is 77.0 Å². The van der Waals surface area contributed by atoms with Crippen LogP contribution in [0.25, 0.3) is 0 Å². The summed E-state index contributed by atoms with van der Waals surface area (Å²) in [5.41, 5.74) is 7.35. The number of hydrogen-bond donors (Lipinski definition) is 2. The van der Waals surface area contributed by atoms with Gasteiger partial charge in [-0.2, -0.15) is 0 Å². The Morgan fingerprint density at radius 1 is 1.50 bits per heavy atom. The van der Waals surface area contributed by atoms with E-state index in [1.54, 1.807) is 6.07 Å². The molecule has 0 aliphatic rings. The van der Waals surface area contributed by atoms with Crippen molar-refractivity contribution in [1.29, 1.82) is 0 Å². The Bertz CT molecular complexity index is 297. The van der Waals surface area contributed by atoms with Crippen LogP contribution in [0.3, 0.4) is 0 Å². The fraction of sp³-hybridized carbons (Fsp3) is 0.333. The van der Waals surface area contributed by atoms with E-state index >= 15 is 0 Å². The van der Waals surface area contributed by atoms with E-state index in [-0.39, 0.29) is 11.8 Å². The van der Waals surface area contributed by atoms with E-state index in [1.807, 2.05) is 19.9 Å². The van der Waals surface area contributed by atoms with Crippen molar-refractivity contribution in [1.82, 2.24) is 0 Å². The summed E-state index contributed by atoms with van der Waals surface area (Å²) in [5, 5.41) is 9.89. The minimum Gasteiger partial charge on any atom is -0.506 e. The lowest BCUT2D eigenvalue weighted by Gasteiger charge is -2.12. The van der Waals surface area contributed by atoms with Gasteiger partial charge >= 0.3 is 0 Å². The summed E-state index contributed by atoms with van der Waals surface area (Å²) < 4.78 is 0. The average Bonchev–Trinajstić information content (AvgIpc) is 1.97. The first-order chi connectivity index (χ1) is 5.54. The van der Waals surface area contributed by atoms with Gasteiger partial charge in [-0.3, -0.25) is 0 Å². The zero-order valence-electron chi connectivity index (χ0n) is 7.13. The number of aromatic hydroxyl groups is 1. The monoisotopic (exact) mass is 185 g/mol. The third-order valence-electron chi connectivity index (χ3n) is 1.84. The molecule has 0 saturated heterocycles. The molecular formula is C9H12ClNO. The molecule has 0 bridgehead atoms. The summed E-state index contributed by atoms with van der Waals surface area (Å²) >= 11 is 5.72. The maximum Gasteiger partial charge on any atom is 0.139 e. The standard InChI is InChI=1S/C9H12ClNO/c1-5-3-4-7(10)9(12)8(5)6(2)11/h3-4,6,12H,11H2,1-2H3. The van der Waals surface area contributed by atoms with Crippen LogP contribution in [-0.4, -0.2) is 5.11 Å². The van der Waals surface area contributed by atoms with Crippen LogP contribution >= 0.6 is 11.6 Å². The average molecular weight is 186 g/mol. The lowest BCUT2D eigenvalue weighted by Crippen LogP contribution is -2.07. The van der Waals surface area contributed by atoms with Gasteiger partial charge in [-0.15, -0.1) is 0 Å². The van der Waals surface area contributed by atoms with Gasteiger partial charge in [0.15, 0.2) is 0 Å². The van der Waals surface area contributed by atoms with Gasteiger partial charge in [0, 0.05) is 11.6 Å². The topological polar surface area (TPSA) is 46.2 Å². The van der Waals surface area contributed by atoms with Crippen LogP contribution in [0, 0.1) is 6.92 Å². The van der Waals surface area contributed by atoms with Gasteiger partial charge in [0.05, 0.1) is 5.02 Å². The van der Waals surface area contributed by atoms with E-state index in [0.717, 1.165) is 11.1 Å². The van der Waals surface area contributed by atoms with Crippen LogP contribution in [0.5, 0.6) is 5.75 Å². The molecule has 66 valence electrons. The molecule has 0 fully saturated rings. The fourth-order valence-corrected chi connectivity index (χ4v) is 1.42. The molecule has 0 spiro atoms. The van der Waals surface area contributed by atoms with Crippen molar-refractivity contribution in [2.45, 2.75) is 19.9 Å². The van der Waals surface area contributed by atoms with Crippen molar-refractivity contribution >= 4 is 11.6 Å². The second kappa shape index (κ2) is 3.33. The van der Waals surface area contributed by atoms with E-state index in [9.17, 15) is 5.11 Å². The van der Waals surface area contributed by atoms with Crippen molar-refractivity contribution < 1.29 is 5.11 Å². The second-order valence-electron chi connectivity index (χ2n) is 2.92. The first-order valence-corrected chi connectivity index (χ1v) is 4.15. The number of aryl methyl sites for hydroxylation is 1. The number of phenolic OH excluding ortho intramolecular Hbond substituents is 1.